The summed E-state index contributed by atoms with van der Waals surface area (Å²) in [5, 5.41) is 9.04. The molecule has 0 unspecified atom stereocenters. The van der Waals surface area contributed by atoms with Crippen molar-refractivity contribution in [3.63, 3.8) is 0 Å². The van der Waals surface area contributed by atoms with E-state index < -0.39 is 11.9 Å². The number of benzene rings is 1. The lowest BCUT2D eigenvalue weighted by atomic mass is 10.0. The zero-order chi connectivity index (χ0) is 15.4. The van der Waals surface area contributed by atoms with E-state index in [2.05, 4.69) is 4.74 Å². The van der Waals surface area contributed by atoms with Gasteiger partial charge in [-0.2, -0.15) is 0 Å². The smallest absolute Gasteiger partial charge is 0.338 e. The van der Waals surface area contributed by atoms with Gasteiger partial charge in [0.05, 0.1) is 25.3 Å². The molecule has 0 aliphatic carbocycles. The number of esters is 2. The molecule has 1 N–H and O–H groups in total. The first kappa shape index (κ1) is 14.8. The van der Waals surface area contributed by atoms with Gasteiger partial charge < -0.3 is 19.0 Å². The van der Waals surface area contributed by atoms with Gasteiger partial charge in [0.25, 0.3) is 0 Å². The molecule has 6 nitrogen and oxygen atoms in total. The minimum absolute atomic E-state index is 0.254. The maximum atomic E-state index is 11.8. The predicted octanol–water partition coefficient (Wildman–Crippen LogP) is 2.01. The van der Waals surface area contributed by atoms with E-state index >= 15 is 0 Å². The van der Waals surface area contributed by atoms with Gasteiger partial charge in [0.15, 0.2) is 0 Å². The van der Waals surface area contributed by atoms with Crippen LogP contribution in [0.1, 0.15) is 26.5 Å². The molecule has 0 radical (unpaired) electrons. The molecule has 0 bridgehead atoms. The molecular weight excluding hydrogens is 276 g/mol. The van der Waals surface area contributed by atoms with E-state index in [0.29, 0.717) is 17.1 Å². The molecule has 1 heterocycles. The van der Waals surface area contributed by atoms with Gasteiger partial charge in [-0.3, -0.25) is 0 Å². The Hall–Kier alpha value is -2.60. The van der Waals surface area contributed by atoms with Crippen LogP contribution in [-0.2, 0) is 16.1 Å². The Balaban J connectivity index is 2.57. The van der Waals surface area contributed by atoms with E-state index in [-0.39, 0.29) is 17.7 Å². The molecule has 0 fully saturated rings. The van der Waals surface area contributed by atoms with E-state index in [4.69, 9.17) is 14.3 Å². The predicted molar refractivity (Wildman–Crippen MR) is 72.7 cm³/mol. The Bertz CT molecular complexity index is 671. The molecule has 1 aromatic heterocycles. The Labute approximate surface area is 120 Å². The van der Waals surface area contributed by atoms with Gasteiger partial charge in [-0.25, -0.2) is 9.59 Å². The van der Waals surface area contributed by atoms with Gasteiger partial charge in [-0.1, -0.05) is 0 Å². The third-order valence-corrected chi connectivity index (χ3v) is 2.93. The van der Waals surface area contributed by atoms with Crippen LogP contribution in [0.4, 0.5) is 0 Å². The van der Waals surface area contributed by atoms with Gasteiger partial charge in [0, 0.05) is 5.56 Å². The third-order valence-electron chi connectivity index (χ3n) is 2.93. The maximum absolute atomic E-state index is 11.8. The van der Waals surface area contributed by atoms with Gasteiger partial charge in [-0.15, -0.1) is 0 Å². The van der Waals surface area contributed by atoms with E-state index in [9.17, 15) is 9.59 Å². The molecule has 0 aliphatic rings. The fourth-order valence-electron chi connectivity index (χ4n) is 1.89. The molecule has 2 aromatic rings. The minimum Gasteiger partial charge on any atom is -0.465 e. The highest BCUT2D eigenvalue weighted by Gasteiger charge is 2.19. The van der Waals surface area contributed by atoms with Crippen molar-refractivity contribution in [3.8, 4) is 11.3 Å². The lowest BCUT2D eigenvalue weighted by molar-refractivity contribution is 0.0587. The number of rotatable bonds is 4. The van der Waals surface area contributed by atoms with E-state index in [1.807, 2.05) is 0 Å². The standard InChI is InChI=1S/C15H14O6/c1-19-14(17)9-3-5-11(15(18)20-2)12(7-9)13-6-4-10(8-16)21-13/h3-7,16H,8H2,1-2H3. The van der Waals surface area contributed by atoms with E-state index in [0.717, 1.165) is 0 Å². The molecule has 110 valence electrons. The van der Waals surface area contributed by atoms with Crippen LogP contribution >= 0.6 is 0 Å². The largest absolute Gasteiger partial charge is 0.465 e. The summed E-state index contributed by atoms with van der Waals surface area (Å²) in [6, 6.07) is 7.61. The van der Waals surface area contributed by atoms with Crippen LogP contribution in [0.25, 0.3) is 11.3 Å². The highest BCUT2D eigenvalue weighted by Crippen LogP contribution is 2.28. The number of methoxy groups -OCH3 is 2. The average Bonchev–Trinajstić information content (AvgIpc) is 3.01. The number of aliphatic hydroxyl groups excluding tert-OH is 1. The Morgan fingerprint density at radius 1 is 1.10 bits per heavy atom. The Morgan fingerprint density at radius 3 is 2.38 bits per heavy atom. The molecule has 0 saturated carbocycles. The van der Waals surface area contributed by atoms with Crippen LogP contribution in [0.2, 0.25) is 0 Å². The van der Waals surface area contributed by atoms with Crippen molar-refractivity contribution in [1.29, 1.82) is 0 Å². The summed E-state index contributed by atoms with van der Waals surface area (Å²) in [7, 11) is 2.54. The van der Waals surface area contributed by atoms with Crippen molar-refractivity contribution >= 4 is 11.9 Å². The number of furan rings is 1. The van der Waals surface area contributed by atoms with Crippen LogP contribution in [-0.4, -0.2) is 31.3 Å². The minimum atomic E-state index is -0.552. The van der Waals surface area contributed by atoms with Crippen molar-refractivity contribution in [2.75, 3.05) is 14.2 Å². The number of hydrogen-bond acceptors (Lipinski definition) is 6. The lowest BCUT2D eigenvalue weighted by Crippen LogP contribution is -2.07. The summed E-state index contributed by atoms with van der Waals surface area (Å²) in [5.74, 6) is -0.376. The van der Waals surface area contributed by atoms with Crippen LogP contribution in [0.3, 0.4) is 0 Å². The Kier molecular flexibility index (Phi) is 4.39. The number of hydrogen-bond donors (Lipinski definition) is 1. The zero-order valence-electron chi connectivity index (χ0n) is 11.6. The summed E-state index contributed by atoms with van der Waals surface area (Å²) in [6.45, 7) is -0.260. The number of aliphatic hydroxyl groups is 1. The van der Waals surface area contributed by atoms with Crippen molar-refractivity contribution in [2.45, 2.75) is 6.61 Å². The molecule has 0 atom stereocenters. The second-order valence-corrected chi connectivity index (χ2v) is 4.17. The number of carbonyl (C=O) groups is 2. The number of ether oxygens (including phenoxy) is 2. The molecule has 0 amide bonds. The first-order chi connectivity index (χ1) is 10.1. The molecule has 0 spiro atoms. The summed E-state index contributed by atoms with van der Waals surface area (Å²) in [6.07, 6.45) is 0. The molecule has 1 aromatic carbocycles. The van der Waals surface area contributed by atoms with Crippen molar-refractivity contribution in [1.82, 2.24) is 0 Å². The molecule has 2 rings (SSSR count). The topological polar surface area (TPSA) is 86.0 Å². The zero-order valence-corrected chi connectivity index (χ0v) is 11.6. The van der Waals surface area contributed by atoms with Crippen LogP contribution < -0.4 is 0 Å². The fraction of sp³-hybridized carbons (Fsp3) is 0.200. The maximum Gasteiger partial charge on any atom is 0.338 e. The first-order valence-electron chi connectivity index (χ1n) is 6.11. The van der Waals surface area contributed by atoms with Gasteiger partial charge in [0.2, 0.25) is 0 Å². The number of carbonyl (C=O) groups excluding carboxylic acids is 2. The quantitative estimate of drug-likeness (QED) is 0.867. The average molecular weight is 290 g/mol. The summed E-state index contributed by atoms with van der Waals surface area (Å²) < 4.78 is 14.8. The first-order valence-corrected chi connectivity index (χ1v) is 6.11. The lowest BCUT2D eigenvalue weighted by Gasteiger charge is -2.08. The monoisotopic (exact) mass is 290 g/mol. The summed E-state index contributed by atoms with van der Waals surface area (Å²) in [4.78, 5) is 23.4. The van der Waals surface area contributed by atoms with Crippen molar-refractivity contribution in [3.05, 3.63) is 47.2 Å². The highest BCUT2D eigenvalue weighted by atomic mass is 16.5. The molecule has 6 heteroatoms. The summed E-state index contributed by atoms with van der Waals surface area (Å²) in [5.41, 5.74) is 0.926. The van der Waals surface area contributed by atoms with Crippen molar-refractivity contribution in [2.24, 2.45) is 0 Å². The normalized spacial score (nSPS) is 10.2. The van der Waals surface area contributed by atoms with Crippen LogP contribution in [0.15, 0.2) is 34.7 Å². The van der Waals surface area contributed by atoms with Crippen LogP contribution in [0.5, 0.6) is 0 Å². The van der Waals surface area contributed by atoms with E-state index in [1.165, 1.54) is 32.4 Å². The third kappa shape index (κ3) is 2.95. The molecule has 0 saturated heterocycles. The van der Waals surface area contributed by atoms with Crippen molar-refractivity contribution < 1.29 is 28.6 Å². The van der Waals surface area contributed by atoms with E-state index in [1.54, 1.807) is 12.1 Å². The second kappa shape index (κ2) is 6.23. The van der Waals surface area contributed by atoms with Gasteiger partial charge in [0.1, 0.15) is 18.1 Å². The van der Waals surface area contributed by atoms with Gasteiger partial charge in [-0.05, 0) is 30.3 Å². The molecule has 0 aliphatic heterocycles. The summed E-state index contributed by atoms with van der Waals surface area (Å²) >= 11 is 0. The molecule has 21 heavy (non-hydrogen) atoms. The van der Waals surface area contributed by atoms with Crippen LogP contribution in [0, 0.1) is 0 Å². The Morgan fingerprint density at radius 2 is 1.81 bits per heavy atom. The van der Waals surface area contributed by atoms with Gasteiger partial charge >= 0.3 is 11.9 Å². The fourth-order valence-corrected chi connectivity index (χ4v) is 1.89. The SMILES string of the molecule is COC(=O)c1ccc(C(=O)OC)c(-c2ccc(CO)o2)c1. The second-order valence-electron chi connectivity index (χ2n) is 4.17. The molecular formula is C15H14O6. The highest BCUT2D eigenvalue weighted by molar-refractivity contribution is 5.99.